The molecule has 0 aliphatic carbocycles. The molecule has 0 aliphatic heterocycles. The molecule has 0 bridgehead atoms. The zero-order valence-corrected chi connectivity index (χ0v) is 13.1. The largest absolute Gasteiger partial charge is 0.478 e. The molecule has 0 fully saturated rings. The summed E-state index contributed by atoms with van der Waals surface area (Å²) in [5.41, 5.74) is -0.204. The molecule has 0 amide bonds. The Balaban J connectivity index is 3.32. The van der Waals surface area contributed by atoms with Crippen molar-refractivity contribution in [3.63, 3.8) is 0 Å². The van der Waals surface area contributed by atoms with Gasteiger partial charge in [0.1, 0.15) is 6.04 Å². The predicted molar refractivity (Wildman–Crippen MR) is 74.9 cm³/mol. The number of carbonyl (C=O) groups excluding carboxylic acids is 1. The number of carboxylic acids is 1. The Morgan fingerprint density at radius 1 is 1.38 bits per heavy atom. The van der Waals surface area contributed by atoms with Crippen molar-refractivity contribution in [1.82, 2.24) is 4.72 Å². The smallest absolute Gasteiger partial charge is 0.336 e. The Kier molecular flexibility index (Phi) is 5.32. The van der Waals surface area contributed by atoms with Crippen molar-refractivity contribution in [3.05, 3.63) is 28.3 Å². The normalized spacial score (nSPS) is 12.8. The number of ether oxygens (including phenoxy) is 1. The first-order valence-corrected chi connectivity index (χ1v) is 7.60. The van der Waals surface area contributed by atoms with Crippen molar-refractivity contribution in [2.45, 2.75) is 24.8 Å². The van der Waals surface area contributed by atoms with Crippen LogP contribution in [0.15, 0.2) is 17.0 Å². The van der Waals surface area contributed by atoms with Crippen LogP contribution in [0.3, 0.4) is 0 Å². The SMILES string of the molecule is COC(=O)[C@H](C)NS(=O)(=O)c1cc(Cl)cc(C(=O)O)c1C. The van der Waals surface area contributed by atoms with E-state index in [2.05, 4.69) is 9.46 Å². The summed E-state index contributed by atoms with van der Waals surface area (Å²) in [5, 5.41) is 9.00. The van der Waals surface area contributed by atoms with E-state index in [1.54, 1.807) is 0 Å². The van der Waals surface area contributed by atoms with Gasteiger partial charge in [-0.15, -0.1) is 0 Å². The van der Waals surface area contributed by atoms with Crippen LogP contribution in [-0.4, -0.2) is 38.6 Å². The molecule has 116 valence electrons. The predicted octanol–water partition coefficient (Wildman–Crippen LogP) is 1.19. The number of sulfonamides is 1. The topological polar surface area (TPSA) is 110 Å². The summed E-state index contributed by atoms with van der Waals surface area (Å²) in [6, 6.07) is 1.16. The fourth-order valence-corrected chi connectivity index (χ4v) is 3.44. The van der Waals surface area contributed by atoms with Crippen molar-refractivity contribution in [2.24, 2.45) is 0 Å². The first kappa shape index (κ1) is 17.4. The lowest BCUT2D eigenvalue weighted by Gasteiger charge is -2.15. The lowest BCUT2D eigenvalue weighted by Crippen LogP contribution is -2.39. The first-order chi connectivity index (χ1) is 9.60. The third kappa shape index (κ3) is 3.93. The second-order valence-corrected chi connectivity index (χ2v) is 6.37. The molecule has 0 saturated carbocycles. The number of esters is 1. The van der Waals surface area contributed by atoms with Gasteiger partial charge < -0.3 is 9.84 Å². The van der Waals surface area contributed by atoms with Crippen molar-refractivity contribution < 1.29 is 27.9 Å². The fraction of sp³-hybridized carbons (Fsp3) is 0.333. The molecular formula is C12H14ClNO6S. The Morgan fingerprint density at radius 2 is 1.95 bits per heavy atom. The lowest BCUT2D eigenvalue weighted by molar-refractivity contribution is -0.142. The molecule has 2 N–H and O–H groups in total. The Morgan fingerprint density at radius 3 is 2.43 bits per heavy atom. The third-order valence-corrected chi connectivity index (χ3v) is 4.62. The van der Waals surface area contributed by atoms with Crippen LogP contribution in [0.4, 0.5) is 0 Å². The van der Waals surface area contributed by atoms with E-state index in [0.717, 1.165) is 19.2 Å². The third-order valence-electron chi connectivity index (χ3n) is 2.73. The number of methoxy groups -OCH3 is 1. The first-order valence-electron chi connectivity index (χ1n) is 5.73. The monoisotopic (exact) mass is 335 g/mol. The average molecular weight is 336 g/mol. The number of benzene rings is 1. The van der Waals surface area contributed by atoms with E-state index in [9.17, 15) is 18.0 Å². The average Bonchev–Trinajstić information content (AvgIpc) is 2.38. The molecule has 1 aromatic rings. The van der Waals surface area contributed by atoms with Crippen LogP contribution in [0.5, 0.6) is 0 Å². The number of aromatic carboxylic acids is 1. The highest BCUT2D eigenvalue weighted by molar-refractivity contribution is 7.89. The molecule has 0 spiro atoms. The van der Waals surface area contributed by atoms with Gasteiger partial charge in [-0.3, -0.25) is 4.79 Å². The molecule has 1 atom stereocenters. The summed E-state index contributed by atoms with van der Waals surface area (Å²) < 4.78 is 31.0. The zero-order valence-electron chi connectivity index (χ0n) is 11.5. The summed E-state index contributed by atoms with van der Waals surface area (Å²) in [5.74, 6) is -2.07. The molecule has 0 aliphatic rings. The lowest BCUT2D eigenvalue weighted by atomic mass is 10.1. The van der Waals surface area contributed by atoms with Crippen molar-refractivity contribution in [2.75, 3.05) is 7.11 Å². The van der Waals surface area contributed by atoms with Gasteiger partial charge >= 0.3 is 11.9 Å². The zero-order chi connectivity index (χ0) is 16.4. The van der Waals surface area contributed by atoms with Gasteiger partial charge in [-0.2, -0.15) is 4.72 Å². The van der Waals surface area contributed by atoms with Crippen LogP contribution in [0.2, 0.25) is 5.02 Å². The highest BCUT2D eigenvalue weighted by atomic mass is 35.5. The summed E-state index contributed by atoms with van der Waals surface area (Å²) in [6.07, 6.45) is 0. The number of nitrogens with one attached hydrogen (secondary N) is 1. The van der Waals surface area contributed by atoms with Crippen LogP contribution in [-0.2, 0) is 19.6 Å². The summed E-state index contributed by atoms with van der Waals surface area (Å²) >= 11 is 5.75. The molecule has 0 radical (unpaired) electrons. The molecular weight excluding hydrogens is 322 g/mol. The van der Waals surface area contributed by atoms with Crippen LogP contribution >= 0.6 is 11.6 Å². The van der Waals surface area contributed by atoms with Crippen LogP contribution in [0, 0.1) is 6.92 Å². The van der Waals surface area contributed by atoms with E-state index in [1.807, 2.05) is 0 Å². The Hall–Kier alpha value is -1.64. The maximum atomic E-state index is 12.2. The van der Waals surface area contributed by atoms with Gasteiger partial charge in [0.15, 0.2) is 0 Å². The minimum atomic E-state index is -4.12. The standard InChI is InChI=1S/C12H14ClNO6S/c1-6-9(11(15)16)4-8(13)5-10(6)21(18,19)14-7(2)12(17)20-3/h4-5,7,14H,1-3H3,(H,15,16)/t7-/m0/s1. The van der Waals surface area contributed by atoms with Gasteiger partial charge in [0.25, 0.3) is 0 Å². The van der Waals surface area contributed by atoms with E-state index in [-0.39, 0.29) is 21.0 Å². The number of hydrogen-bond acceptors (Lipinski definition) is 5. The molecule has 21 heavy (non-hydrogen) atoms. The van der Waals surface area contributed by atoms with Crippen LogP contribution < -0.4 is 4.72 Å². The van der Waals surface area contributed by atoms with Crippen molar-refractivity contribution >= 4 is 33.6 Å². The summed E-state index contributed by atoms with van der Waals surface area (Å²) in [6.45, 7) is 2.65. The van der Waals surface area contributed by atoms with E-state index < -0.39 is 28.0 Å². The molecule has 0 unspecified atom stereocenters. The number of carbonyl (C=O) groups is 2. The second-order valence-electron chi connectivity index (χ2n) is 4.25. The van der Waals surface area contributed by atoms with E-state index in [4.69, 9.17) is 16.7 Å². The van der Waals surface area contributed by atoms with Crippen molar-refractivity contribution in [1.29, 1.82) is 0 Å². The van der Waals surface area contributed by atoms with Gasteiger partial charge in [-0.25, -0.2) is 13.2 Å². The molecule has 0 heterocycles. The highest BCUT2D eigenvalue weighted by Crippen LogP contribution is 2.24. The number of rotatable bonds is 5. The Bertz CT molecular complexity index is 685. The fourth-order valence-electron chi connectivity index (χ4n) is 1.68. The van der Waals surface area contributed by atoms with Gasteiger partial charge in [-0.1, -0.05) is 11.6 Å². The molecule has 9 heteroatoms. The van der Waals surface area contributed by atoms with Crippen LogP contribution in [0.25, 0.3) is 0 Å². The molecule has 0 saturated heterocycles. The van der Waals surface area contributed by atoms with Gasteiger partial charge in [0, 0.05) is 5.02 Å². The van der Waals surface area contributed by atoms with E-state index >= 15 is 0 Å². The minimum Gasteiger partial charge on any atom is -0.478 e. The maximum absolute atomic E-state index is 12.2. The van der Waals surface area contributed by atoms with Crippen LogP contribution in [0.1, 0.15) is 22.8 Å². The Labute approximate surface area is 126 Å². The summed E-state index contributed by atoms with van der Waals surface area (Å²) in [7, 11) is -3.00. The minimum absolute atomic E-state index is 0.0245. The maximum Gasteiger partial charge on any atom is 0.336 e. The van der Waals surface area contributed by atoms with E-state index in [1.165, 1.54) is 13.8 Å². The van der Waals surface area contributed by atoms with Gasteiger partial charge in [0.2, 0.25) is 10.0 Å². The number of carboxylic acid groups (broad SMARTS) is 1. The second kappa shape index (κ2) is 6.42. The van der Waals surface area contributed by atoms with Gasteiger partial charge in [0.05, 0.1) is 17.6 Å². The van der Waals surface area contributed by atoms with Crippen molar-refractivity contribution in [3.8, 4) is 0 Å². The van der Waals surface area contributed by atoms with Gasteiger partial charge in [-0.05, 0) is 31.5 Å². The molecule has 7 nitrogen and oxygen atoms in total. The highest BCUT2D eigenvalue weighted by Gasteiger charge is 2.26. The molecule has 1 rings (SSSR count). The number of hydrogen-bond donors (Lipinski definition) is 2. The summed E-state index contributed by atoms with van der Waals surface area (Å²) in [4.78, 5) is 22.1. The number of halogens is 1. The quantitative estimate of drug-likeness (QED) is 0.782. The van der Waals surface area contributed by atoms with E-state index in [0.29, 0.717) is 0 Å². The molecule has 0 aromatic heterocycles. The molecule has 1 aromatic carbocycles.